The number of para-hydroxylation sites is 1. The third-order valence-electron chi connectivity index (χ3n) is 4.22. The summed E-state index contributed by atoms with van der Waals surface area (Å²) in [5, 5.41) is 7.42. The van der Waals surface area contributed by atoms with Crippen molar-refractivity contribution in [2.75, 3.05) is 0 Å². The fraction of sp³-hybridized carbons (Fsp3) is 0.300. The van der Waals surface area contributed by atoms with Crippen LogP contribution < -0.4 is 0 Å². The molecule has 1 atom stereocenters. The normalized spacial score (nSPS) is 12.5. The van der Waals surface area contributed by atoms with Gasteiger partial charge in [-0.3, -0.25) is 9.67 Å². The van der Waals surface area contributed by atoms with Crippen LogP contribution in [0.15, 0.2) is 54.6 Å². The number of aromatic nitrogens is 3. The van der Waals surface area contributed by atoms with Gasteiger partial charge in [0.2, 0.25) is 0 Å². The van der Waals surface area contributed by atoms with Gasteiger partial charge in [0.1, 0.15) is 5.82 Å². The van der Waals surface area contributed by atoms with Crippen LogP contribution in [-0.2, 0) is 6.42 Å². The lowest BCUT2D eigenvalue weighted by Crippen LogP contribution is -2.07. The molecule has 24 heavy (non-hydrogen) atoms. The third-order valence-corrected chi connectivity index (χ3v) is 4.50. The van der Waals surface area contributed by atoms with Gasteiger partial charge in [0.15, 0.2) is 4.77 Å². The van der Waals surface area contributed by atoms with E-state index in [2.05, 4.69) is 55.2 Å². The standard InChI is InChI=1S/C20H23N3S/c1-14(2)13-16-9-11-17(12-10-16)15(3)19-21-22-20(24)23(19)18-7-5-4-6-8-18/h4-12,14-15H,13H2,1-3H3,(H,22,24)/t15-/m1/s1. The lowest BCUT2D eigenvalue weighted by molar-refractivity contribution is 0.647. The number of hydrogen-bond acceptors (Lipinski definition) is 2. The summed E-state index contributed by atoms with van der Waals surface area (Å²) in [5.41, 5.74) is 3.66. The van der Waals surface area contributed by atoms with Crippen LogP contribution in [0.4, 0.5) is 0 Å². The first-order chi connectivity index (χ1) is 11.6. The quantitative estimate of drug-likeness (QED) is 0.643. The Morgan fingerprint density at radius 1 is 1.00 bits per heavy atom. The summed E-state index contributed by atoms with van der Waals surface area (Å²) in [6, 6.07) is 19.0. The van der Waals surface area contributed by atoms with Crippen molar-refractivity contribution in [1.29, 1.82) is 0 Å². The van der Waals surface area contributed by atoms with Crippen LogP contribution in [0, 0.1) is 10.7 Å². The summed E-state index contributed by atoms with van der Waals surface area (Å²) in [5.74, 6) is 1.76. The topological polar surface area (TPSA) is 33.6 Å². The molecule has 0 amide bonds. The Labute approximate surface area is 148 Å². The van der Waals surface area contributed by atoms with E-state index in [0.717, 1.165) is 17.9 Å². The van der Waals surface area contributed by atoms with Gasteiger partial charge in [-0.2, -0.15) is 5.10 Å². The van der Waals surface area contributed by atoms with Crippen LogP contribution >= 0.6 is 12.2 Å². The molecule has 0 bridgehead atoms. The minimum Gasteiger partial charge on any atom is -0.272 e. The number of hydrogen-bond donors (Lipinski definition) is 1. The molecule has 1 N–H and O–H groups in total. The molecular weight excluding hydrogens is 314 g/mol. The summed E-state index contributed by atoms with van der Waals surface area (Å²) in [6.45, 7) is 6.66. The summed E-state index contributed by atoms with van der Waals surface area (Å²) >= 11 is 5.44. The molecule has 0 spiro atoms. The molecule has 2 aromatic carbocycles. The second kappa shape index (κ2) is 7.14. The van der Waals surface area contributed by atoms with Gasteiger partial charge in [0, 0.05) is 11.6 Å². The van der Waals surface area contributed by atoms with Crippen LogP contribution in [0.2, 0.25) is 0 Å². The van der Waals surface area contributed by atoms with Crippen LogP contribution in [0.5, 0.6) is 0 Å². The van der Waals surface area contributed by atoms with E-state index in [0.29, 0.717) is 10.7 Å². The predicted molar refractivity (Wildman–Crippen MR) is 101 cm³/mol. The first-order valence-electron chi connectivity index (χ1n) is 8.38. The fourth-order valence-electron chi connectivity index (χ4n) is 2.99. The Bertz CT molecular complexity index is 845. The SMILES string of the molecule is CC(C)Cc1ccc([C@@H](C)c2n[nH]c(=S)n2-c2ccccc2)cc1. The molecule has 0 aliphatic heterocycles. The molecule has 0 saturated carbocycles. The van der Waals surface area contributed by atoms with Crippen molar-refractivity contribution in [3.63, 3.8) is 0 Å². The molecule has 0 radical (unpaired) electrons. The van der Waals surface area contributed by atoms with Crippen molar-refractivity contribution in [2.45, 2.75) is 33.1 Å². The molecule has 0 fully saturated rings. The second-order valence-electron chi connectivity index (χ2n) is 6.62. The highest BCUT2D eigenvalue weighted by molar-refractivity contribution is 7.71. The van der Waals surface area contributed by atoms with Gasteiger partial charge in [-0.15, -0.1) is 0 Å². The lowest BCUT2D eigenvalue weighted by atomic mass is 9.96. The molecule has 0 aliphatic rings. The Balaban J connectivity index is 1.94. The maximum atomic E-state index is 5.44. The van der Waals surface area contributed by atoms with E-state index >= 15 is 0 Å². The first-order valence-corrected chi connectivity index (χ1v) is 8.78. The van der Waals surface area contributed by atoms with Crippen LogP contribution in [-0.4, -0.2) is 14.8 Å². The first kappa shape index (κ1) is 16.7. The summed E-state index contributed by atoms with van der Waals surface area (Å²) in [7, 11) is 0. The Morgan fingerprint density at radius 3 is 2.29 bits per heavy atom. The van der Waals surface area contributed by atoms with E-state index in [9.17, 15) is 0 Å². The zero-order chi connectivity index (χ0) is 17.1. The van der Waals surface area contributed by atoms with Gasteiger partial charge < -0.3 is 0 Å². The van der Waals surface area contributed by atoms with E-state index in [1.807, 2.05) is 34.9 Å². The number of aromatic amines is 1. The van der Waals surface area contributed by atoms with Gasteiger partial charge in [-0.25, -0.2) is 0 Å². The number of H-pyrrole nitrogens is 1. The van der Waals surface area contributed by atoms with E-state index in [1.54, 1.807) is 0 Å². The van der Waals surface area contributed by atoms with E-state index < -0.39 is 0 Å². The van der Waals surface area contributed by atoms with Crippen LogP contribution in [0.1, 0.15) is 43.6 Å². The Morgan fingerprint density at radius 2 is 1.67 bits per heavy atom. The molecule has 3 rings (SSSR count). The van der Waals surface area contributed by atoms with Crippen molar-refractivity contribution in [3.05, 3.63) is 76.3 Å². The molecule has 124 valence electrons. The molecule has 3 aromatic rings. The highest BCUT2D eigenvalue weighted by Gasteiger charge is 2.17. The smallest absolute Gasteiger partial charge is 0.199 e. The minimum atomic E-state index is 0.159. The molecule has 0 unspecified atom stereocenters. The third kappa shape index (κ3) is 3.49. The van der Waals surface area contributed by atoms with Gasteiger partial charge in [-0.1, -0.05) is 63.2 Å². The summed E-state index contributed by atoms with van der Waals surface area (Å²) in [6.07, 6.45) is 1.11. The summed E-state index contributed by atoms with van der Waals surface area (Å²) in [4.78, 5) is 0. The van der Waals surface area contributed by atoms with Crippen molar-refractivity contribution in [2.24, 2.45) is 5.92 Å². The average Bonchev–Trinajstić information content (AvgIpc) is 2.97. The molecule has 0 saturated heterocycles. The molecule has 3 nitrogen and oxygen atoms in total. The van der Waals surface area contributed by atoms with Crippen molar-refractivity contribution in [1.82, 2.24) is 14.8 Å². The predicted octanol–water partition coefficient (Wildman–Crippen LogP) is 5.28. The maximum Gasteiger partial charge on any atom is 0.199 e. The highest BCUT2D eigenvalue weighted by atomic mass is 32.1. The lowest BCUT2D eigenvalue weighted by Gasteiger charge is -2.14. The van der Waals surface area contributed by atoms with Crippen molar-refractivity contribution >= 4 is 12.2 Å². The Kier molecular flexibility index (Phi) is 4.95. The van der Waals surface area contributed by atoms with Gasteiger partial charge in [0.05, 0.1) is 0 Å². The molecular formula is C20H23N3S. The monoisotopic (exact) mass is 337 g/mol. The average molecular weight is 337 g/mol. The van der Waals surface area contributed by atoms with Gasteiger partial charge in [-0.05, 0) is 47.8 Å². The molecule has 0 aliphatic carbocycles. The van der Waals surface area contributed by atoms with E-state index in [-0.39, 0.29) is 5.92 Å². The molecule has 4 heteroatoms. The zero-order valence-corrected chi connectivity index (χ0v) is 15.2. The Hall–Kier alpha value is -2.20. The number of benzene rings is 2. The number of nitrogens with one attached hydrogen (secondary N) is 1. The molecule has 1 heterocycles. The van der Waals surface area contributed by atoms with Crippen LogP contribution in [0.25, 0.3) is 5.69 Å². The number of rotatable bonds is 5. The summed E-state index contributed by atoms with van der Waals surface area (Å²) < 4.78 is 2.64. The second-order valence-corrected chi connectivity index (χ2v) is 7.01. The largest absolute Gasteiger partial charge is 0.272 e. The molecule has 1 aromatic heterocycles. The zero-order valence-electron chi connectivity index (χ0n) is 14.4. The van der Waals surface area contributed by atoms with Crippen molar-refractivity contribution in [3.8, 4) is 5.69 Å². The van der Waals surface area contributed by atoms with Crippen LogP contribution in [0.3, 0.4) is 0 Å². The van der Waals surface area contributed by atoms with E-state index in [4.69, 9.17) is 12.2 Å². The maximum absolute atomic E-state index is 5.44. The van der Waals surface area contributed by atoms with E-state index in [1.165, 1.54) is 11.1 Å². The fourth-order valence-corrected chi connectivity index (χ4v) is 3.23. The van der Waals surface area contributed by atoms with Gasteiger partial charge >= 0.3 is 0 Å². The number of nitrogens with zero attached hydrogens (tertiary/aromatic N) is 2. The van der Waals surface area contributed by atoms with Gasteiger partial charge in [0.25, 0.3) is 0 Å². The minimum absolute atomic E-state index is 0.159. The highest BCUT2D eigenvalue weighted by Crippen LogP contribution is 2.25. The van der Waals surface area contributed by atoms with Crippen molar-refractivity contribution < 1.29 is 0 Å².